The van der Waals surface area contributed by atoms with Crippen LogP contribution in [0.1, 0.15) is 23.4 Å². The summed E-state index contributed by atoms with van der Waals surface area (Å²) >= 11 is 0. The number of likely N-dealkylation sites (tertiary alicyclic amines) is 1. The molecule has 1 aliphatic rings. The highest BCUT2D eigenvalue weighted by molar-refractivity contribution is 5.79. The summed E-state index contributed by atoms with van der Waals surface area (Å²) in [6.45, 7) is 3.25. The van der Waals surface area contributed by atoms with Crippen molar-refractivity contribution < 1.29 is 18.0 Å². The van der Waals surface area contributed by atoms with Crippen LogP contribution in [0.4, 0.5) is 13.2 Å². The van der Waals surface area contributed by atoms with Crippen LogP contribution in [0.5, 0.6) is 0 Å². The van der Waals surface area contributed by atoms with Crippen LogP contribution in [-0.2, 0) is 18.4 Å². The van der Waals surface area contributed by atoms with Crippen molar-refractivity contribution in [3.05, 3.63) is 17.0 Å². The molecule has 1 aromatic heterocycles. The zero-order chi connectivity index (χ0) is 15.8. The number of hydrogen-bond donors (Lipinski definition) is 1. The number of nitrogens with one attached hydrogen (secondary N) is 1. The number of carbonyl (C=O) groups excluding carboxylic acids is 1. The molecule has 0 spiro atoms. The molecule has 0 aromatic carbocycles. The Morgan fingerprint density at radius 1 is 1.38 bits per heavy atom. The average Bonchev–Trinajstić information content (AvgIpc) is 2.78. The highest BCUT2D eigenvalue weighted by Crippen LogP contribution is 2.21. The minimum atomic E-state index is -4.35. The third-order valence-corrected chi connectivity index (χ3v) is 3.81. The van der Waals surface area contributed by atoms with Gasteiger partial charge in [0.1, 0.15) is 6.54 Å². The Morgan fingerprint density at radius 3 is 2.57 bits per heavy atom. The van der Waals surface area contributed by atoms with Crippen molar-refractivity contribution in [1.82, 2.24) is 20.0 Å². The van der Waals surface area contributed by atoms with E-state index >= 15 is 0 Å². The lowest BCUT2D eigenvalue weighted by atomic mass is 10.1. The van der Waals surface area contributed by atoms with Crippen molar-refractivity contribution in [3.8, 4) is 0 Å². The van der Waals surface area contributed by atoms with Gasteiger partial charge >= 0.3 is 6.18 Å². The van der Waals surface area contributed by atoms with E-state index in [1.165, 1.54) is 0 Å². The molecule has 1 fully saturated rings. The largest absolute Gasteiger partial charge is 0.406 e. The van der Waals surface area contributed by atoms with E-state index in [2.05, 4.69) is 10.4 Å². The third kappa shape index (κ3) is 3.75. The summed E-state index contributed by atoms with van der Waals surface area (Å²) in [5.74, 6) is -0.454. The van der Waals surface area contributed by atoms with Crippen molar-refractivity contribution in [2.45, 2.75) is 39.0 Å². The van der Waals surface area contributed by atoms with Crippen LogP contribution < -0.4 is 5.32 Å². The molecular weight excluding hydrogens is 285 g/mol. The quantitative estimate of drug-likeness (QED) is 0.912. The Balaban J connectivity index is 1.92. The first kappa shape index (κ1) is 15.8. The lowest BCUT2D eigenvalue weighted by Crippen LogP contribution is -2.37. The van der Waals surface area contributed by atoms with E-state index in [9.17, 15) is 18.0 Å². The number of halogens is 3. The maximum atomic E-state index is 12.3. The summed E-state index contributed by atoms with van der Waals surface area (Å²) in [4.78, 5) is 12.4. The van der Waals surface area contributed by atoms with Gasteiger partial charge in [-0.1, -0.05) is 0 Å². The van der Waals surface area contributed by atoms with E-state index in [1.54, 1.807) is 4.68 Å². The van der Waals surface area contributed by atoms with Gasteiger partial charge in [0.25, 0.3) is 0 Å². The van der Waals surface area contributed by atoms with Crippen LogP contribution >= 0.6 is 0 Å². The molecular formula is C13H19F3N4O. The molecule has 1 aromatic rings. The zero-order valence-electron chi connectivity index (χ0n) is 12.3. The second-order valence-corrected chi connectivity index (χ2v) is 5.44. The molecule has 2 rings (SSSR count). The number of aryl methyl sites for hydroxylation is 2. The van der Waals surface area contributed by atoms with E-state index in [4.69, 9.17) is 0 Å². The van der Waals surface area contributed by atoms with Gasteiger partial charge in [-0.05, 0) is 13.8 Å². The number of alkyl halides is 3. The molecule has 1 saturated heterocycles. The monoisotopic (exact) mass is 304 g/mol. The second-order valence-electron chi connectivity index (χ2n) is 5.44. The smallest absolute Gasteiger partial charge is 0.332 e. The van der Waals surface area contributed by atoms with Crippen molar-refractivity contribution in [3.63, 3.8) is 0 Å². The Labute approximate surface area is 121 Å². The highest BCUT2D eigenvalue weighted by atomic mass is 19.4. The number of nitrogens with zero attached hydrogens (tertiary/aromatic N) is 3. The van der Waals surface area contributed by atoms with Gasteiger partial charge in [-0.3, -0.25) is 9.48 Å². The van der Waals surface area contributed by atoms with Gasteiger partial charge in [-0.15, -0.1) is 0 Å². The molecule has 1 amide bonds. The van der Waals surface area contributed by atoms with Gasteiger partial charge in [-0.2, -0.15) is 18.3 Å². The first-order valence-corrected chi connectivity index (χ1v) is 6.74. The highest BCUT2D eigenvalue weighted by Gasteiger charge is 2.38. The molecule has 0 unspecified atom stereocenters. The maximum Gasteiger partial charge on any atom is 0.406 e. The first-order valence-electron chi connectivity index (χ1n) is 6.74. The van der Waals surface area contributed by atoms with E-state index in [1.807, 2.05) is 20.9 Å². The van der Waals surface area contributed by atoms with E-state index in [0.717, 1.165) is 21.9 Å². The van der Waals surface area contributed by atoms with E-state index < -0.39 is 18.6 Å². The predicted molar refractivity (Wildman–Crippen MR) is 70.6 cm³/mol. The zero-order valence-corrected chi connectivity index (χ0v) is 12.3. The second kappa shape index (κ2) is 5.67. The minimum absolute atomic E-state index is 0.0939. The molecule has 1 atom stereocenters. The van der Waals surface area contributed by atoms with Gasteiger partial charge in [0, 0.05) is 43.9 Å². The van der Waals surface area contributed by atoms with Crippen molar-refractivity contribution in [2.75, 3.05) is 13.1 Å². The Bertz CT molecular complexity index is 538. The molecule has 0 saturated carbocycles. The average molecular weight is 304 g/mol. The van der Waals surface area contributed by atoms with Gasteiger partial charge in [-0.25, -0.2) is 0 Å². The van der Waals surface area contributed by atoms with Crippen LogP contribution in [0.15, 0.2) is 0 Å². The predicted octanol–water partition coefficient (Wildman–Crippen LogP) is 1.29. The van der Waals surface area contributed by atoms with Crippen LogP contribution in [-0.4, -0.2) is 45.9 Å². The molecule has 1 N–H and O–H groups in total. The Kier molecular flexibility index (Phi) is 4.27. The van der Waals surface area contributed by atoms with Crippen LogP contribution in [0.2, 0.25) is 0 Å². The molecule has 8 heteroatoms. The normalized spacial score (nSPS) is 19.6. The fourth-order valence-corrected chi connectivity index (χ4v) is 2.60. The summed E-state index contributed by atoms with van der Waals surface area (Å²) in [5, 5.41) is 7.44. The molecule has 0 bridgehead atoms. The number of carbonyl (C=O) groups is 1. The summed E-state index contributed by atoms with van der Waals surface area (Å²) in [5.41, 5.74) is 2.93. The van der Waals surface area contributed by atoms with E-state index in [0.29, 0.717) is 6.54 Å². The molecule has 1 aliphatic heterocycles. The standard InChI is InChI=1S/C13H19F3N4O/c1-8-11(9(2)19(3)18-8)5-17-10-4-12(21)20(6-10)7-13(14,15)16/h10,17H,4-7H2,1-3H3/t10-/m1/s1. The van der Waals surface area contributed by atoms with Gasteiger partial charge in [0.15, 0.2) is 0 Å². The number of hydrogen-bond acceptors (Lipinski definition) is 3. The summed E-state index contributed by atoms with van der Waals surface area (Å²) in [6, 6.07) is -0.251. The maximum absolute atomic E-state index is 12.3. The number of rotatable bonds is 4. The lowest BCUT2D eigenvalue weighted by Gasteiger charge is -2.18. The molecule has 21 heavy (non-hydrogen) atoms. The fraction of sp³-hybridized carbons (Fsp3) is 0.692. The molecule has 0 radical (unpaired) electrons. The summed E-state index contributed by atoms with van der Waals surface area (Å²) in [7, 11) is 1.84. The topological polar surface area (TPSA) is 50.2 Å². The van der Waals surface area contributed by atoms with Crippen LogP contribution in [0.25, 0.3) is 0 Å². The van der Waals surface area contributed by atoms with Crippen LogP contribution in [0, 0.1) is 13.8 Å². The van der Waals surface area contributed by atoms with Crippen molar-refractivity contribution >= 4 is 5.91 Å². The molecule has 118 valence electrons. The Morgan fingerprint density at radius 2 is 2.05 bits per heavy atom. The summed E-state index contributed by atoms with van der Waals surface area (Å²) in [6.07, 6.45) is -4.24. The third-order valence-electron chi connectivity index (χ3n) is 3.81. The van der Waals surface area contributed by atoms with Crippen molar-refractivity contribution in [1.29, 1.82) is 0 Å². The SMILES string of the molecule is Cc1nn(C)c(C)c1CN[C@@H]1CC(=O)N(CC(F)(F)F)C1. The minimum Gasteiger partial charge on any atom is -0.332 e. The van der Waals surface area contributed by atoms with Crippen LogP contribution in [0.3, 0.4) is 0 Å². The first-order chi connectivity index (χ1) is 9.67. The summed E-state index contributed by atoms with van der Waals surface area (Å²) < 4.78 is 38.8. The lowest BCUT2D eigenvalue weighted by molar-refractivity contribution is -0.157. The van der Waals surface area contributed by atoms with Crippen molar-refractivity contribution in [2.24, 2.45) is 7.05 Å². The van der Waals surface area contributed by atoms with Gasteiger partial charge < -0.3 is 10.2 Å². The number of aromatic nitrogens is 2. The molecule has 0 aliphatic carbocycles. The number of amides is 1. The van der Waals surface area contributed by atoms with Gasteiger partial charge in [0.05, 0.1) is 5.69 Å². The fourth-order valence-electron chi connectivity index (χ4n) is 2.60. The van der Waals surface area contributed by atoms with Gasteiger partial charge in [0.2, 0.25) is 5.91 Å². The Hall–Kier alpha value is -1.57. The molecule has 5 nitrogen and oxygen atoms in total. The molecule has 2 heterocycles. The van der Waals surface area contributed by atoms with E-state index in [-0.39, 0.29) is 19.0 Å².